The van der Waals surface area contributed by atoms with Crippen molar-refractivity contribution in [3.05, 3.63) is 70.9 Å². The Hall–Kier alpha value is -2.88. The molecular weight excluding hydrogens is 338 g/mol. The van der Waals surface area contributed by atoms with Crippen LogP contribution in [0.15, 0.2) is 48.7 Å². The Balaban J connectivity index is 1.70. The summed E-state index contributed by atoms with van der Waals surface area (Å²) in [6.45, 7) is 8.14. The number of hydrogen-bond acceptors (Lipinski definition) is 3. The Kier molecular flexibility index (Phi) is 5.17. The van der Waals surface area contributed by atoms with Crippen molar-refractivity contribution < 1.29 is 14.3 Å². The van der Waals surface area contributed by atoms with Crippen LogP contribution in [0.1, 0.15) is 59.5 Å². The number of para-hydroxylation sites is 1. The summed E-state index contributed by atoms with van der Waals surface area (Å²) in [5, 5.41) is 0.866. The summed E-state index contributed by atoms with van der Waals surface area (Å²) < 4.78 is 5.24. The van der Waals surface area contributed by atoms with Gasteiger partial charge >= 0.3 is 5.97 Å². The SMILES string of the molecule is CCc1cccc2c(C(=O)COC(=O)c3ccc(C(C)(C)C)cc3)c[nH]c12. The molecule has 1 heterocycles. The van der Waals surface area contributed by atoms with E-state index >= 15 is 0 Å². The van der Waals surface area contributed by atoms with Gasteiger partial charge in [-0.1, -0.05) is 58.0 Å². The number of aromatic amines is 1. The second-order valence-corrected chi connectivity index (χ2v) is 7.72. The van der Waals surface area contributed by atoms with Crippen LogP contribution in [-0.4, -0.2) is 23.3 Å². The van der Waals surface area contributed by atoms with Crippen LogP contribution < -0.4 is 0 Å². The average molecular weight is 363 g/mol. The number of hydrogen-bond donors (Lipinski definition) is 1. The van der Waals surface area contributed by atoms with Crippen LogP contribution in [0.5, 0.6) is 0 Å². The molecule has 1 aromatic heterocycles. The Bertz CT molecular complexity index is 975. The number of carbonyl (C=O) groups excluding carboxylic acids is 2. The third kappa shape index (κ3) is 3.95. The van der Waals surface area contributed by atoms with E-state index in [1.165, 1.54) is 0 Å². The van der Waals surface area contributed by atoms with Crippen LogP contribution in [0.25, 0.3) is 10.9 Å². The van der Waals surface area contributed by atoms with E-state index < -0.39 is 5.97 Å². The zero-order valence-corrected chi connectivity index (χ0v) is 16.3. The molecule has 0 aliphatic heterocycles. The lowest BCUT2D eigenvalue weighted by Gasteiger charge is -2.18. The number of aryl methyl sites for hydroxylation is 1. The summed E-state index contributed by atoms with van der Waals surface area (Å²) in [7, 11) is 0. The van der Waals surface area contributed by atoms with E-state index in [9.17, 15) is 9.59 Å². The van der Waals surface area contributed by atoms with Crippen LogP contribution >= 0.6 is 0 Å². The maximum atomic E-state index is 12.5. The van der Waals surface area contributed by atoms with Gasteiger partial charge in [-0.3, -0.25) is 4.79 Å². The topological polar surface area (TPSA) is 59.2 Å². The van der Waals surface area contributed by atoms with Crippen molar-refractivity contribution in [1.29, 1.82) is 0 Å². The summed E-state index contributed by atoms with van der Waals surface area (Å²) in [5.41, 5.74) is 4.28. The number of H-pyrrole nitrogens is 1. The normalized spacial score (nSPS) is 11.6. The van der Waals surface area contributed by atoms with E-state index in [1.807, 2.05) is 30.3 Å². The highest BCUT2D eigenvalue weighted by atomic mass is 16.5. The molecule has 4 nitrogen and oxygen atoms in total. The number of ketones is 1. The predicted molar refractivity (Wildman–Crippen MR) is 107 cm³/mol. The van der Waals surface area contributed by atoms with Crippen LogP contribution in [0.3, 0.4) is 0 Å². The fraction of sp³-hybridized carbons (Fsp3) is 0.304. The van der Waals surface area contributed by atoms with Crippen molar-refractivity contribution in [2.45, 2.75) is 39.5 Å². The molecule has 0 amide bonds. The first kappa shape index (κ1) is 18.9. The van der Waals surface area contributed by atoms with Gasteiger partial charge < -0.3 is 9.72 Å². The molecule has 0 atom stereocenters. The third-order valence-corrected chi connectivity index (χ3v) is 4.80. The van der Waals surface area contributed by atoms with E-state index in [-0.39, 0.29) is 17.8 Å². The van der Waals surface area contributed by atoms with Gasteiger partial charge in [0.05, 0.1) is 5.56 Å². The van der Waals surface area contributed by atoms with Crippen LogP contribution in [0, 0.1) is 0 Å². The smallest absolute Gasteiger partial charge is 0.338 e. The summed E-state index contributed by atoms with van der Waals surface area (Å²) >= 11 is 0. The fourth-order valence-electron chi connectivity index (χ4n) is 3.14. The maximum absolute atomic E-state index is 12.5. The third-order valence-electron chi connectivity index (χ3n) is 4.80. The number of carbonyl (C=O) groups is 2. The van der Waals surface area contributed by atoms with Crippen LogP contribution in [0.2, 0.25) is 0 Å². The first-order valence-corrected chi connectivity index (χ1v) is 9.21. The number of esters is 1. The summed E-state index contributed by atoms with van der Waals surface area (Å²) in [6.07, 6.45) is 2.57. The van der Waals surface area contributed by atoms with Crippen molar-refractivity contribution >= 4 is 22.7 Å². The Morgan fingerprint density at radius 3 is 2.37 bits per heavy atom. The molecule has 3 rings (SSSR count). The highest BCUT2D eigenvalue weighted by molar-refractivity contribution is 6.09. The number of fused-ring (bicyclic) bond motifs is 1. The summed E-state index contributed by atoms with van der Waals surface area (Å²) in [5.74, 6) is -0.702. The van der Waals surface area contributed by atoms with Crippen LogP contribution in [-0.2, 0) is 16.6 Å². The molecule has 0 aliphatic carbocycles. The molecule has 4 heteroatoms. The molecule has 3 aromatic rings. The number of aromatic nitrogens is 1. The Morgan fingerprint density at radius 1 is 1.04 bits per heavy atom. The minimum absolute atomic E-state index is 0.0189. The molecule has 0 bridgehead atoms. The molecule has 0 saturated carbocycles. The van der Waals surface area contributed by atoms with Crippen molar-refractivity contribution in [2.24, 2.45) is 0 Å². The van der Waals surface area contributed by atoms with Crippen molar-refractivity contribution in [1.82, 2.24) is 4.98 Å². The predicted octanol–water partition coefficient (Wildman–Crippen LogP) is 5.07. The van der Waals surface area contributed by atoms with E-state index in [4.69, 9.17) is 4.74 Å². The van der Waals surface area contributed by atoms with Crippen molar-refractivity contribution in [2.75, 3.05) is 6.61 Å². The lowest BCUT2D eigenvalue weighted by molar-refractivity contribution is 0.0475. The molecule has 0 spiro atoms. The highest BCUT2D eigenvalue weighted by Gasteiger charge is 2.17. The largest absolute Gasteiger partial charge is 0.454 e. The number of rotatable bonds is 5. The molecule has 0 saturated heterocycles. The Labute approximate surface area is 159 Å². The molecule has 2 aromatic carbocycles. The second kappa shape index (κ2) is 7.39. The number of benzene rings is 2. The average Bonchev–Trinajstić information content (AvgIpc) is 3.09. The van der Waals surface area contributed by atoms with Crippen molar-refractivity contribution in [3.63, 3.8) is 0 Å². The van der Waals surface area contributed by atoms with Gasteiger partial charge in [0.1, 0.15) is 0 Å². The number of ether oxygens (including phenoxy) is 1. The van der Waals surface area contributed by atoms with Gasteiger partial charge in [-0.2, -0.15) is 0 Å². The summed E-state index contributed by atoms with van der Waals surface area (Å²) in [4.78, 5) is 28.0. The van der Waals surface area contributed by atoms with E-state index in [0.717, 1.165) is 28.5 Å². The molecule has 0 unspecified atom stereocenters. The molecule has 0 aliphatic rings. The summed E-state index contributed by atoms with van der Waals surface area (Å²) in [6, 6.07) is 13.2. The molecule has 0 fully saturated rings. The zero-order valence-electron chi connectivity index (χ0n) is 16.3. The lowest BCUT2D eigenvalue weighted by atomic mass is 9.87. The van der Waals surface area contributed by atoms with Gasteiger partial charge in [-0.05, 0) is 35.1 Å². The minimum Gasteiger partial charge on any atom is -0.454 e. The molecule has 1 N–H and O–H groups in total. The van der Waals surface area contributed by atoms with Gasteiger partial charge in [0.2, 0.25) is 5.78 Å². The van der Waals surface area contributed by atoms with Gasteiger partial charge in [0.15, 0.2) is 6.61 Å². The number of Topliss-reactive ketones (excluding diaryl/α,β-unsaturated/α-hetero) is 1. The molecular formula is C23H25NO3. The zero-order chi connectivity index (χ0) is 19.6. The number of nitrogens with one attached hydrogen (secondary N) is 1. The van der Waals surface area contributed by atoms with E-state index in [1.54, 1.807) is 18.3 Å². The first-order valence-electron chi connectivity index (χ1n) is 9.21. The van der Waals surface area contributed by atoms with Crippen molar-refractivity contribution in [3.8, 4) is 0 Å². The lowest BCUT2D eigenvalue weighted by Crippen LogP contribution is -2.15. The highest BCUT2D eigenvalue weighted by Crippen LogP contribution is 2.24. The van der Waals surface area contributed by atoms with Gasteiger partial charge in [-0.25, -0.2) is 4.79 Å². The standard InChI is InChI=1S/C23H25NO3/c1-5-15-7-6-8-18-19(13-24-21(15)18)20(25)14-27-22(26)16-9-11-17(12-10-16)23(2,3)4/h6-13,24H,5,14H2,1-4H3. The van der Waals surface area contributed by atoms with Crippen LogP contribution in [0.4, 0.5) is 0 Å². The monoisotopic (exact) mass is 363 g/mol. The van der Waals surface area contributed by atoms with E-state index in [0.29, 0.717) is 11.1 Å². The van der Waals surface area contributed by atoms with Gasteiger partial charge in [0.25, 0.3) is 0 Å². The molecule has 140 valence electrons. The van der Waals surface area contributed by atoms with Gasteiger partial charge in [0, 0.05) is 22.7 Å². The van der Waals surface area contributed by atoms with Gasteiger partial charge in [-0.15, -0.1) is 0 Å². The molecule has 27 heavy (non-hydrogen) atoms. The molecule has 0 radical (unpaired) electrons. The quantitative estimate of drug-likeness (QED) is 0.509. The Morgan fingerprint density at radius 2 is 1.74 bits per heavy atom. The van der Waals surface area contributed by atoms with E-state index in [2.05, 4.69) is 32.7 Å². The fourth-order valence-corrected chi connectivity index (χ4v) is 3.14. The second-order valence-electron chi connectivity index (χ2n) is 7.72. The maximum Gasteiger partial charge on any atom is 0.338 e. The first-order chi connectivity index (χ1) is 12.8. The minimum atomic E-state index is -0.488.